The number of hydrogen-bond donors (Lipinski definition) is 1. The molecular formula is C8H19N3O. The lowest BCUT2D eigenvalue weighted by Crippen LogP contribution is -2.48. The van der Waals surface area contributed by atoms with E-state index in [0.29, 0.717) is 6.54 Å². The number of nitrogens with zero attached hydrogens (tertiary/aromatic N) is 2. The van der Waals surface area contributed by atoms with Gasteiger partial charge in [-0.3, -0.25) is 5.01 Å². The van der Waals surface area contributed by atoms with Crippen molar-refractivity contribution in [2.75, 3.05) is 20.6 Å². The SMILES string of the molecule is CN(C)N(CC(C)(C)C)C(N)=O. The number of rotatable bonds is 2. The van der Waals surface area contributed by atoms with Gasteiger partial charge in [0.15, 0.2) is 0 Å². The van der Waals surface area contributed by atoms with Crippen LogP contribution in [0.4, 0.5) is 4.79 Å². The predicted molar refractivity (Wildman–Crippen MR) is 49.4 cm³/mol. The Balaban J connectivity index is 4.25. The Morgan fingerprint density at radius 1 is 1.33 bits per heavy atom. The minimum absolute atomic E-state index is 0.0688. The van der Waals surface area contributed by atoms with Crippen molar-refractivity contribution >= 4 is 6.03 Å². The second kappa shape index (κ2) is 3.76. The molecule has 0 heterocycles. The average molecular weight is 173 g/mol. The van der Waals surface area contributed by atoms with Gasteiger partial charge in [-0.2, -0.15) is 0 Å². The highest BCUT2D eigenvalue weighted by atomic mass is 16.2. The van der Waals surface area contributed by atoms with Crippen LogP contribution < -0.4 is 5.73 Å². The van der Waals surface area contributed by atoms with Crippen LogP contribution in [0.3, 0.4) is 0 Å². The van der Waals surface area contributed by atoms with E-state index in [-0.39, 0.29) is 5.41 Å². The van der Waals surface area contributed by atoms with Gasteiger partial charge in [-0.05, 0) is 5.41 Å². The number of primary amides is 1. The van der Waals surface area contributed by atoms with Crippen LogP contribution in [0, 0.1) is 5.41 Å². The van der Waals surface area contributed by atoms with E-state index in [0.717, 1.165) is 0 Å². The number of hydrazine groups is 1. The molecular weight excluding hydrogens is 154 g/mol. The number of nitrogens with two attached hydrogens (primary N) is 1. The van der Waals surface area contributed by atoms with E-state index in [2.05, 4.69) is 20.8 Å². The maximum Gasteiger partial charge on any atom is 0.329 e. The van der Waals surface area contributed by atoms with Gasteiger partial charge in [0.1, 0.15) is 0 Å². The van der Waals surface area contributed by atoms with Gasteiger partial charge < -0.3 is 5.73 Å². The molecule has 0 rings (SSSR count). The van der Waals surface area contributed by atoms with Crippen LogP contribution in [0.5, 0.6) is 0 Å². The Labute approximate surface area is 74.3 Å². The van der Waals surface area contributed by atoms with E-state index in [1.54, 1.807) is 19.1 Å². The van der Waals surface area contributed by atoms with Crippen molar-refractivity contribution in [2.45, 2.75) is 20.8 Å². The zero-order valence-electron chi connectivity index (χ0n) is 8.59. The molecule has 12 heavy (non-hydrogen) atoms. The molecule has 0 saturated carbocycles. The molecule has 0 unspecified atom stereocenters. The van der Waals surface area contributed by atoms with Gasteiger partial charge in [-0.25, -0.2) is 9.80 Å². The number of urea groups is 1. The third kappa shape index (κ3) is 4.18. The molecule has 72 valence electrons. The molecule has 0 aromatic rings. The summed E-state index contributed by atoms with van der Waals surface area (Å²) in [5, 5.41) is 3.22. The van der Waals surface area contributed by atoms with Gasteiger partial charge in [0.05, 0.1) is 0 Å². The molecule has 0 radical (unpaired) electrons. The quantitative estimate of drug-likeness (QED) is 0.630. The first kappa shape index (κ1) is 11.2. The fourth-order valence-electron chi connectivity index (χ4n) is 0.866. The van der Waals surface area contributed by atoms with Crippen LogP contribution in [0.25, 0.3) is 0 Å². The number of amides is 2. The fraction of sp³-hybridized carbons (Fsp3) is 0.875. The standard InChI is InChI=1S/C8H19N3O/c1-8(2,3)6-11(7(9)12)10(4)5/h6H2,1-5H3,(H2,9,12). The summed E-state index contributed by atoms with van der Waals surface area (Å²) in [4.78, 5) is 10.9. The van der Waals surface area contributed by atoms with Gasteiger partial charge in [-0.15, -0.1) is 0 Å². The summed E-state index contributed by atoms with van der Waals surface area (Å²) >= 11 is 0. The maximum absolute atomic E-state index is 10.9. The minimum Gasteiger partial charge on any atom is -0.350 e. The van der Waals surface area contributed by atoms with Crippen LogP contribution in [-0.2, 0) is 0 Å². The monoisotopic (exact) mass is 173 g/mol. The zero-order valence-corrected chi connectivity index (χ0v) is 8.59. The molecule has 2 amide bonds. The molecule has 0 aliphatic rings. The van der Waals surface area contributed by atoms with Gasteiger partial charge in [-0.1, -0.05) is 20.8 Å². The minimum atomic E-state index is -0.407. The first-order valence-electron chi connectivity index (χ1n) is 3.98. The number of carbonyl (C=O) groups excluding carboxylic acids is 1. The summed E-state index contributed by atoms with van der Waals surface area (Å²) in [6.45, 7) is 6.82. The summed E-state index contributed by atoms with van der Waals surface area (Å²) in [6.07, 6.45) is 0. The number of carbonyl (C=O) groups is 1. The second-order valence-electron chi connectivity index (χ2n) is 4.30. The Morgan fingerprint density at radius 3 is 1.83 bits per heavy atom. The summed E-state index contributed by atoms with van der Waals surface area (Å²) in [6, 6.07) is -0.407. The molecule has 0 atom stereocenters. The van der Waals surface area contributed by atoms with Crippen LogP contribution in [-0.4, -0.2) is 36.7 Å². The highest BCUT2D eigenvalue weighted by molar-refractivity contribution is 5.71. The lowest BCUT2D eigenvalue weighted by molar-refractivity contribution is 0.0398. The molecule has 0 fully saturated rings. The first-order valence-corrected chi connectivity index (χ1v) is 3.98. The first-order chi connectivity index (χ1) is 5.24. The topological polar surface area (TPSA) is 49.6 Å². The Bertz CT molecular complexity index is 160. The average Bonchev–Trinajstić information content (AvgIpc) is 1.79. The Hall–Kier alpha value is -0.770. The normalized spacial score (nSPS) is 11.8. The second-order valence-corrected chi connectivity index (χ2v) is 4.30. The zero-order chi connectivity index (χ0) is 9.94. The van der Waals surface area contributed by atoms with E-state index in [1.807, 2.05) is 0 Å². The van der Waals surface area contributed by atoms with Crippen LogP contribution >= 0.6 is 0 Å². The molecule has 0 aromatic carbocycles. The molecule has 0 spiro atoms. The maximum atomic E-state index is 10.9. The third-order valence-corrected chi connectivity index (χ3v) is 1.36. The van der Waals surface area contributed by atoms with E-state index >= 15 is 0 Å². The highest BCUT2D eigenvalue weighted by Gasteiger charge is 2.20. The lowest BCUT2D eigenvalue weighted by Gasteiger charge is -2.32. The Morgan fingerprint density at radius 2 is 1.75 bits per heavy atom. The van der Waals surface area contributed by atoms with Crippen LogP contribution in [0.15, 0.2) is 0 Å². The van der Waals surface area contributed by atoms with Crippen molar-refractivity contribution in [1.29, 1.82) is 0 Å². The largest absolute Gasteiger partial charge is 0.350 e. The fourth-order valence-corrected chi connectivity index (χ4v) is 0.866. The van der Waals surface area contributed by atoms with Gasteiger partial charge in [0.2, 0.25) is 0 Å². The molecule has 0 aliphatic carbocycles. The summed E-state index contributed by atoms with van der Waals surface area (Å²) in [5.41, 5.74) is 5.26. The van der Waals surface area contributed by atoms with E-state index < -0.39 is 6.03 Å². The van der Waals surface area contributed by atoms with Gasteiger partial charge in [0, 0.05) is 20.6 Å². The van der Waals surface area contributed by atoms with Gasteiger partial charge >= 0.3 is 6.03 Å². The lowest BCUT2D eigenvalue weighted by atomic mass is 9.97. The highest BCUT2D eigenvalue weighted by Crippen LogP contribution is 2.15. The van der Waals surface area contributed by atoms with Crippen molar-refractivity contribution < 1.29 is 4.79 Å². The smallest absolute Gasteiger partial charge is 0.329 e. The Kier molecular flexibility index (Phi) is 3.52. The third-order valence-electron chi connectivity index (χ3n) is 1.36. The molecule has 2 N–H and O–H groups in total. The molecule has 4 nitrogen and oxygen atoms in total. The predicted octanol–water partition coefficient (Wildman–Crippen LogP) is 0.890. The molecule has 0 aliphatic heterocycles. The molecule has 0 bridgehead atoms. The summed E-state index contributed by atoms with van der Waals surface area (Å²) in [7, 11) is 3.60. The summed E-state index contributed by atoms with van der Waals surface area (Å²) < 4.78 is 0. The molecule has 4 heteroatoms. The van der Waals surface area contributed by atoms with Crippen molar-refractivity contribution in [3.8, 4) is 0 Å². The molecule has 0 aromatic heterocycles. The van der Waals surface area contributed by atoms with E-state index in [9.17, 15) is 4.79 Å². The van der Waals surface area contributed by atoms with Crippen molar-refractivity contribution in [1.82, 2.24) is 10.0 Å². The van der Waals surface area contributed by atoms with Crippen molar-refractivity contribution in [3.05, 3.63) is 0 Å². The number of hydrogen-bond acceptors (Lipinski definition) is 2. The van der Waals surface area contributed by atoms with Crippen LogP contribution in [0.2, 0.25) is 0 Å². The van der Waals surface area contributed by atoms with Crippen molar-refractivity contribution in [3.63, 3.8) is 0 Å². The van der Waals surface area contributed by atoms with Gasteiger partial charge in [0.25, 0.3) is 0 Å². The molecule has 0 saturated heterocycles. The van der Waals surface area contributed by atoms with E-state index in [1.165, 1.54) is 5.01 Å². The van der Waals surface area contributed by atoms with E-state index in [4.69, 9.17) is 5.73 Å². The van der Waals surface area contributed by atoms with Crippen LogP contribution in [0.1, 0.15) is 20.8 Å². The summed E-state index contributed by atoms with van der Waals surface area (Å²) in [5.74, 6) is 0. The van der Waals surface area contributed by atoms with Crippen molar-refractivity contribution in [2.24, 2.45) is 11.1 Å².